The van der Waals surface area contributed by atoms with Gasteiger partial charge in [0.15, 0.2) is 0 Å². The van der Waals surface area contributed by atoms with Crippen LogP contribution in [0.5, 0.6) is 0 Å². The molecule has 0 spiro atoms. The lowest BCUT2D eigenvalue weighted by atomic mass is 10.0. The normalized spacial score (nSPS) is 22.3. The Morgan fingerprint density at radius 2 is 1.90 bits per heavy atom. The molecule has 0 radical (unpaired) electrons. The maximum atomic E-state index is 12.3. The van der Waals surface area contributed by atoms with E-state index in [1.807, 2.05) is 0 Å². The Balaban J connectivity index is 2.31. The molecule has 1 heterocycles. The highest BCUT2D eigenvalue weighted by Crippen LogP contribution is 2.30. The summed E-state index contributed by atoms with van der Waals surface area (Å²) in [7, 11) is 1.57. The summed E-state index contributed by atoms with van der Waals surface area (Å²) in [5, 5.41) is 2.84. The molecule has 21 heavy (non-hydrogen) atoms. The zero-order valence-corrected chi connectivity index (χ0v) is 13.8. The Morgan fingerprint density at radius 3 is 2.33 bits per heavy atom. The molecule has 1 aliphatic heterocycles. The summed E-state index contributed by atoms with van der Waals surface area (Å²) in [6, 6.07) is 2.89. The van der Waals surface area contributed by atoms with Crippen LogP contribution >= 0.6 is 10.7 Å². The predicted octanol–water partition coefficient (Wildman–Crippen LogP) is 2.74. The van der Waals surface area contributed by atoms with Crippen LogP contribution in [-0.2, 0) is 18.6 Å². The summed E-state index contributed by atoms with van der Waals surface area (Å²) < 4.78 is 28.3. The van der Waals surface area contributed by atoms with E-state index in [-0.39, 0.29) is 10.8 Å². The molecule has 0 bridgehead atoms. The first-order valence-electron chi connectivity index (χ1n) is 6.65. The van der Waals surface area contributed by atoms with E-state index >= 15 is 0 Å². The van der Waals surface area contributed by atoms with Crippen molar-refractivity contribution in [2.45, 2.75) is 44.1 Å². The van der Waals surface area contributed by atoms with Gasteiger partial charge in [0, 0.05) is 23.0 Å². The van der Waals surface area contributed by atoms with Crippen molar-refractivity contribution in [1.29, 1.82) is 0 Å². The average molecular weight is 332 g/mol. The molecule has 1 aliphatic rings. The zero-order valence-electron chi connectivity index (χ0n) is 12.2. The molecule has 2 rings (SSSR count). The maximum absolute atomic E-state index is 12.3. The number of aryl methyl sites for hydroxylation is 2. The molecule has 1 amide bonds. The Kier molecular flexibility index (Phi) is 4.33. The molecule has 0 aliphatic carbocycles. The monoisotopic (exact) mass is 331 g/mol. The van der Waals surface area contributed by atoms with Crippen LogP contribution in [0.4, 0.5) is 5.69 Å². The number of anilines is 1. The van der Waals surface area contributed by atoms with E-state index in [1.165, 1.54) is 12.1 Å². The molecular weight excluding hydrogens is 314 g/mol. The molecule has 1 aromatic rings. The van der Waals surface area contributed by atoms with Crippen LogP contribution in [0, 0.1) is 13.8 Å². The van der Waals surface area contributed by atoms with Crippen molar-refractivity contribution in [2.75, 3.05) is 11.9 Å². The van der Waals surface area contributed by atoms with Crippen LogP contribution in [0.25, 0.3) is 0 Å². The van der Waals surface area contributed by atoms with Crippen molar-refractivity contribution in [1.82, 2.24) is 0 Å². The predicted molar refractivity (Wildman–Crippen MR) is 81.2 cm³/mol. The second-order valence-corrected chi connectivity index (χ2v) is 8.07. The van der Waals surface area contributed by atoms with Crippen LogP contribution in [0.3, 0.4) is 0 Å². The van der Waals surface area contributed by atoms with Crippen LogP contribution in [0.2, 0.25) is 0 Å². The SMILES string of the molecule is Cc1cc(S(=O)(=O)Cl)cc(C)c1NC(=O)C1(C)CCCO1. The third-order valence-electron chi connectivity index (χ3n) is 3.73. The summed E-state index contributed by atoms with van der Waals surface area (Å²) in [6.45, 7) is 5.79. The number of halogens is 1. The van der Waals surface area contributed by atoms with E-state index in [2.05, 4.69) is 5.32 Å². The zero-order chi connectivity index (χ0) is 15.8. The number of hydrogen-bond acceptors (Lipinski definition) is 4. The van der Waals surface area contributed by atoms with E-state index < -0.39 is 14.7 Å². The summed E-state index contributed by atoms with van der Waals surface area (Å²) >= 11 is 0. The molecule has 1 aromatic carbocycles. The van der Waals surface area contributed by atoms with Crippen LogP contribution in [0.1, 0.15) is 30.9 Å². The number of carbonyl (C=O) groups excluding carboxylic acids is 1. The van der Waals surface area contributed by atoms with Gasteiger partial charge < -0.3 is 10.1 Å². The lowest BCUT2D eigenvalue weighted by Crippen LogP contribution is -2.39. The molecule has 1 atom stereocenters. The fraction of sp³-hybridized carbons (Fsp3) is 0.500. The molecule has 1 fully saturated rings. The van der Waals surface area contributed by atoms with Gasteiger partial charge in [-0.1, -0.05) is 0 Å². The first-order valence-corrected chi connectivity index (χ1v) is 8.96. The second kappa shape index (κ2) is 5.59. The van der Waals surface area contributed by atoms with Crippen LogP contribution in [0.15, 0.2) is 17.0 Å². The van der Waals surface area contributed by atoms with Gasteiger partial charge in [-0.3, -0.25) is 4.79 Å². The molecule has 1 N–H and O–H groups in total. The van der Waals surface area contributed by atoms with Gasteiger partial charge in [0.1, 0.15) is 5.60 Å². The number of carbonyl (C=O) groups is 1. The number of hydrogen-bond donors (Lipinski definition) is 1. The van der Waals surface area contributed by atoms with Gasteiger partial charge in [-0.15, -0.1) is 0 Å². The maximum Gasteiger partial charge on any atom is 0.261 e. The Bertz CT molecular complexity index is 655. The van der Waals surface area contributed by atoms with Gasteiger partial charge in [0.05, 0.1) is 4.90 Å². The highest BCUT2D eigenvalue weighted by Gasteiger charge is 2.38. The number of ether oxygens (including phenoxy) is 1. The minimum absolute atomic E-state index is 0.0282. The average Bonchev–Trinajstić information content (AvgIpc) is 2.80. The van der Waals surface area contributed by atoms with Gasteiger partial charge in [0.2, 0.25) is 0 Å². The first kappa shape index (κ1) is 16.3. The number of benzene rings is 1. The second-order valence-electron chi connectivity index (χ2n) is 5.51. The summed E-state index contributed by atoms with van der Waals surface area (Å²) in [6.07, 6.45) is 1.52. The van der Waals surface area contributed by atoms with Crippen molar-refractivity contribution in [3.05, 3.63) is 23.3 Å². The smallest absolute Gasteiger partial charge is 0.261 e. The third-order valence-corrected chi connectivity index (χ3v) is 5.06. The molecular formula is C14H18ClNO4S. The fourth-order valence-corrected chi connectivity index (χ4v) is 3.37. The van der Waals surface area contributed by atoms with E-state index in [0.717, 1.165) is 6.42 Å². The van der Waals surface area contributed by atoms with Gasteiger partial charge >= 0.3 is 0 Å². The highest BCUT2D eigenvalue weighted by molar-refractivity contribution is 8.13. The molecule has 0 saturated carbocycles. The van der Waals surface area contributed by atoms with Gasteiger partial charge in [-0.2, -0.15) is 0 Å². The Morgan fingerprint density at radius 1 is 1.33 bits per heavy atom. The quantitative estimate of drug-likeness (QED) is 0.864. The Labute approximate surface area is 129 Å². The van der Waals surface area contributed by atoms with E-state index in [9.17, 15) is 13.2 Å². The summed E-state index contributed by atoms with van der Waals surface area (Å²) in [4.78, 5) is 12.4. The van der Waals surface area contributed by atoms with Crippen LogP contribution < -0.4 is 5.32 Å². The van der Waals surface area contributed by atoms with Gasteiger partial charge in [-0.05, 0) is 56.9 Å². The molecule has 116 valence electrons. The first-order chi connectivity index (χ1) is 9.63. The minimum Gasteiger partial charge on any atom is -0.365 e. The lowest BCUT2D eigenvalue weighted by Gasteiger charge is -2.23. The van der Waals surface area contributed by atoms with Crippen molar-refractivity contribution in [3.63, 3.8) is 0 Å². The minimum atomic E-state index is -3.79. The summed E-state index contributed by atoms with van der Waals surface area (Å²) in [5.41, 5.74) is 1.06. The van der Waals surface area contributed by atoms with Crippen molar-refractivity contribution >= 4 is 31.3 Å². The number of amides is 1. The lowest BCUT2D eigenvalue weighted by molar-refractivity contribution is -0.133. The van der Waals surface area contributed by atoms with E-state index in [0.29, 0.717) is 29.8 Å². The van der Waals surface area contributed by atoms with Gasteiger partial charge in [0.25, 0.3) is 15.0 Å². The van der Waals surface area contributed by atoms with E-state index in [1.54, 1.807) is 20.8 Å². The third kappa shape index (κ3) is 3.39. The number of rotatable bonds is 3. The van der Waals surface area contributed by atoms with Crippen LogP contribution in [-0.4, -0.2) is 26.5 Å². The van der Waals surface area contributed by atoms with Crippen molar-refractivity contribution in [2.24, 2.45) is 0 Å². The molecule has 1 saturated heterocycles. The molecule has 7 heteroatoms. The number of nitrogens with one attached hydrogen (secondary N) is 1. The Hall–Kier alpha value is -1.11. The van der Waals surface area contributed by atoms with Crippen molar-refractivity contribution < 1.29 is 17.9 Å². The van der Waals surface area contributed by atoms with Gasteiger partial charge in [-0.25, -0.2) is 8.42 Å². The summed E-state index contributed by atoms with van der Waals surface area (Å²) in [5.74, 6) is -0.215. The molecule has 0 aromatic heterocycles. The molecule has 1 unspecified atom stereocenters. The largest absolute Gasteiger partial charge is 0.365 e. The standard InChI is InChI=1S/C14H18ClNO4S/c1-9-7-11(21(15,18)19)8-10(2)12(9)16-13(17)14(3)5-4-6-20-14/h7-8H,4-6H2,1-3H3,(H,16,17). The topological polar surface area (TPSA) is 72.5 Å². The highest BCUT2D eigenvalue weighted by atomic mass is 35.7. The van der Waals surface area contributed by atoms with Crippen molar-refractivity contribution in [3.8, 4) is 0 Å². The molecule has 5 nitrogen and oxygen atoms in total. The van der Waals surface area contributed by atoms with E-state index in [4.69, 9.17) is 15.4 Å². The fourth-order valence-electron chi connectivity index (χ4n) is 2.47.